The summed E-state index contributed by atoms with van der Waals surface area (Å²) in [4.78, 5) is 70.3. The van der Waals surface area contributed by atoms with E-state index in [2.05, 4.69) is 11.2 Å². The van der Waals surface area contributed by atoms with Gasteiger partial charge in [0.05, 0.1) is 19.3 Å². The molecule has 0 unspecified atom stereocenters. The number of methoxy groups -OCH3 is 1. The molecule has 5 atom stereocenters. The molecule has 49 heavy (non-hydrogen) atoms. The van der Waals surface area contributed by atoms with E-state index in [9.17, 15) is 24.0 Å². The quantitative estimate of drug-likeness (QED) is 0.256. The van der Waals surface area contributed by atoms with Crippen LogP contribution < -0.4 is 5.32 Å². The summed E-state index contributed by atoms with van der Waals surface area (Å²) in [5.41, 5.74) is -0.630. The minimum atomic E-state index is -1.12. The molecule has 3 rings (SSSR count). The summed E-state index contributed by atoms with van der Waals surface area (Å²) in [6, 6.07) is 10.6. The van der Waals surface area contributed by atoms with Gasteiger partial charge >= 0.3 is 12.1 Å². The van der Waals surface area contributed by atoms with Gasteiger partial charge in [-0.3, -0.25) is 14.4 Å². The summed E-state index contributed by atoms with van der Waals surface area (Å²) in [5, 5.41) is 4.84. The van der Waals surface area contributed by atoms with Crippen molar-refractivity contribution in [2.45, 2.75) is 97.6 Å². The Morgan fingerprint density at radius 3 is 2.29 bits per heavy atom. The summed E-state index contributed by atoms with van der Waals surface area (Å²) < 4.78 is 16.3. The first-order chi connectivity index (χ1) is 22.9. The fraction of sp³-hybridized carbons (Fsp3) is 0.553. The van der Waals surface area contributed by atoms with Gasteiger partial charge in [0.25, 0.3) is 0 Å². The number of nitrogens with zero attached hydrogens (tertiary/aromatic N) is 2. The molecule has 0 aromatic heterocycles. The third kappa shape index (κ3) is 10.3. The number of likely N-dealkylation sites (N-methyl/N-ethyl adjacent to an activating group) is 1. The molecule has 1 saturated heterocycles. The first kappa shape index (κ1) is 39.0. The molecule has 0 spiro atoms. The van der Waals surface area contributed by atoms with Crippen LogP contribution in [-0.4, -0.2) is 96.6 Å². The number of hydrogen-bond donors (Lipinski definition) is 1. The van der Waals surface area contributed by atoms with Crippen LogP contribution >= 0.6 is 0 Å². The molecule has 2 aromatic carbocycles. The number of likely N-dealkylation sites (tertiary alicyclic amines) is 1. The zero-order valence-electron chi connectivity index (χ0n) is 30.2. The van der Waals surface area contributed by atoms with Crippen molar-refractivity contribution in [2.24, 2.45) is 11.3 Å². The number of ether oxygens (including phenoxy) is 3. The fourth-order valence-electron chi connectivity index (χ4n) is 5.89. The van der Waals surface area contributed by atoms with E-state index < -0.39 is 65.0 Å². The Morgan fingerprint density at radius 1 is 1.04 bits per heavy atom. The van der Waals surface area contributed by atoms with Gasteiger partial charge in [-0.05, 0) is 55.9 Å². The summed E-state index contributed by atoms with van der Waals surface area (Å²) in [7, 11) is 2.73. The largest absolute Gasteiger partial charge is 0.467 e. The van der Waals surface area contributed by atoms with E-state index in [4.69, 9.17) is 20.6 Å². The second kappa shape index (κ2) is 16.3. The van der Waals surface area contributed by atoms with Crippen LogP contribution in [0.25, 0.3) is 10.8 Å². The lowest BCUT2D eigenvalue weighted by atomic mass is 9.76. The number of nitrogens with one attached hydrogen (secondary N) is 1. The Bertz CT molecular complexity index is 1570. The first-order valence-electron chi connectivity index (χ1n) is 16.6. The van der Waals surface area contributed by atoms with Gasteiger partial charge < -0.3 is 29.3 Å². The number of ketones is 1. The fourth-order valence-corrected chi connectivity index (χ4v) is 5.89. The maximum Gasteiger partial charge on any atom is 0.410 e. The lowest BCUT2D eigenvalue weighted by Gasteiger charge is -2.36. The number of rotatable bonds is 12. The molecule has 1 heterocycles. The number of carbonyl (C=O) groups is 5. The molecule has 1 fully saturated rings. The molecule has 1 aliphatic rings. The minimum absolute atomic E-state index is 0.0797. The summed E-state index contributed by atoms with van der Waals surface area (Å²) >= 11 is 0. The maximum atomic E-state index is 14.4. The number of fused-ring (bicyclic) bond motifs is 1. The molecule has 266 valence electrons. The standard InChI is InChI=1S/C38H51N3O8/c1-11-20-48-31-18-19-41(34(44)28(37(3,4)5)23-30(42)24(2)40(9)36(46)49-38(6,7)8)32(31)33(43)39-29(35(45)47-10)22-25-16-17-26-14-12-13-15-27(26)21-25/h1,12-17,21,24,28-29,31-32H,18-20,22-23H2,2-10H3,(H,39,43)/t24-,28+,29-,31-,32-/m0/s1. The molecule has 11 heteroatoms. The molecule has 11 nitrogen and oxygen atoms in total. The highest BCUT2D eigenvalue weighted by Crippen LogP contribution is 2.34. The minimum Gasteiger partial charge on any atom is -0.467 e. The molecule has 1 N–H and O–H groups in total. The number of amides is 3. The number of benzene rings is 2. The highest BCUT2D eigenvalue weighted by molar-refractivity contribution is 5.95. The highest BCUT2D eigenvalue weighted by Gasteiger charge is 2.47. The Morgan fingerprint density at radius 2 is 1.69 bits per heavy atom. The van der Waals surface area contributed by atoms with Crippen molar-refractivity contribution in [3.8, 4) is 12.3 Å². The van der Waals surface area contributed by atoms with Gasteiger partial charge in [0.15, 0.2) is 5.78 Å². The number of esters is 1. The molecule has 1 aliphatic heterocycles. The topological polar surface area (TPSA) is 132 Å². The summed E-state index contributed by atoms with van der Waals surface area (Å²) in [5.74, 6) is -0.407. The zero-order valence-corrected chi connectivity index (χ0v) is 30.2. The molecule has 0 saturated carbocycles. The van der Waals surface area contributed by atoms with Crippen molar-refractivity contribution in [3.63, 3.8) is 0 Å². The van der Waals surface area contributed by atoms with Gasteiger partial charge in [0.1, 0.15) is 24.3 Å². The second-order valence-electron chi connectivity index (χ2n) is 14.6. The summed E-state index contributed by atoms with van der Waals surface area (Å²) in [6.45, 7) is 12.4. The van der Waals surface area contributed by atoms with Crippen molar-refractivity contribution in [1.82, 2.24) is 15.1 Å². The Balaban J connectivity index is 1.87. The second-order valence-corrected chi connectivity index (χ2v) is 14.6. The van der Waals surface area contributed by atoms with E-state index in [1.807, 2.05) is 63.2 Å². The Kier molecular flexibility index (Phi) is 13.0. The molecular weight excluding hydrogens is 626 g/mol. The van der Waals surface area contributed by atoms with Crippen molar-refractivity contribution in [1.29, 1.82) is 0 Å². The van der Waals surface area contributed by atoms with Gasteiger partial charge in [-0.15, -0.1) is 6.42 Å². The first-order valence-corrected chi connectivity index (χ1v) is 16.6. The number of carbonyl (C=O) groups excluding carboxylic acids is 5. The average molecular weight is 678 g/mol. The van der Waals surface area contributed by atoms with Gasteiger partial charge in [0, 0.05) is 32.4 Å². The van der Waals surface area contributed by atoms with Crippen LogP contribution in [0.1, 0.15) is 66.9 Å². The number of terminal acetylenes is 1. The van der Waals surface area contributed by atoms with Crippen LogP contribution in [0.4, 0.5) is 4.79 Å². The molecule has 0 bridgehead atoms. The van der Waals surface area contributed by atoms with Crippen LogP contribution in [0.2, 0.25) is 0 Å². The molecule has 3 amide bonds. The average Bonchev–Trinajstić information content (AvgIpc) is 3.47. The van der Waals surface area contributed by atoms with Crippen LogP contribution in [0.5, 0.6) is 0 Å². The van der Waals surface area contributed by atoms with E-state index in [0.717, 1.165) is 16.3 Å². The zero-order chi connectivity index (χ0) is 36.7. The third-order valence-corrected chi connectivity index (χ3v) is 8.81. The monoisotopic (exact) mass is 677 g/mol. The Labute approximate surface area is 290 Å². The third-order valence-electron chi connectivity index (χ3n) is 8.81. The van der Waals surface area contributed by atoms with Crippen LogP contribution in [-0.2, 0) is 39.8 Å². The van der Waals surface area contributed by atoms with Crippen molar-refractivity contribution < 1.29 is 38.2 Å². The van der Waals surface area contributed by atoms with Gasteiger partial charge in [0.2, 0.25) is 11.8 Å². The predicted octanol–water partition coefficient (Wildman–Crippen LogP) is 4.54. The molecule has 0 radical (unpaired) electrons. The molecule has 0 aliphatic carbocycles. The lowest BCUT2D eigenvalue weighted by Crippen LogP contribution is -2.57. The van der Waals surface area contributed by atoms with E-state index in [1.54, 1.807) is 27.7 Å². The van der Waals surface area contributed by atoms with Gasteiger partial charge in [-0.25, -0.2) is 9.59 Å². The van der Waals surface area contributed by atoms with Crippen molar-refractivity contribution in [3.05, 3.63) is 48.0 Å². The maximum absolute atomic E-state index is 14.4. The van der Waals surface area contributed by atoms with Crippen LogP contribution in [0, 0.1) is 23.7 Å². The van der Waals surface area contributed by atoms with Gasteiger partial charge in [-0.2, -0.15) is 0 Å². The van der Waals surface area contributed by atoms with Gasteiger partial charge in [-0.1, -0.05) is 69.2 Å². The lowest BCUT2D eigenvalue weighted by molar-refractivity contribution is -0.150. The van der Waals surface area contributed by atoms with E-state index in [1.165, 1.54) is 24.0 Å². The van der Waals surface area contributed by atoms with E-state index >= 15 is 0 Å². The van der Waals surface area contributed by atoms with E-state index in [-0.39, 0.29) is 31.8 Å². The van der Waals surface area contributed by atoms with Crippen molar-refractivity contribution in [2.75, 3.05) is 27.3 Å². The van der Waals surface area contributed by atoms with Crippen LogP contribution in [0.15, 0.2) is 42.5 Å². The smallest absolute Gasteiger partial charge is 0.410 e. The van der Waals surface area contributed by atoms with Crippen molar-refractivity contribution >= 4 is 40.4 Å². The number of hydrogen-bond acceptors (Lipinski definition) is 8. The van der Waals surface area contributed by atoms with Crippen LogP contribution in [0.3, 0.4) is 0 Å². The predicted molar refractivity (Wildman–Crippen MR) is 186 cm³/mol. The summed E-state index contributed by atoms with van der Waals surface area (Å²) in [6.07, 6.45) is 4.37. The Hall–Kier alpha value is -4.43. The highest BCUT2D eigenvalue weighted by atomic mass is 16.6. The van der Waals surface area contributed by atoms with E-state index in [0.29, 0.717) is 6.42 Å². The normalized spacial score (nSPS) is 18.2. The number of Topliss-reactive ketones (excluding diaryl/α,β-unsaturated/α-hetero) is 1. The molecule has 2 aromatic rings. The molecular formula is C38H51N3O8. The SMILES string of the molecule is C#CCO[C@H]1CCN(C(=O)[C@@H](CC(=O)[C@H](C)N(C)C(=O)OC(C)(C)C)C(C)(C)C)[C@@H]1C(=O)N[C@@H](Cc1ccc2ccccc2c1)C(=O)OC.